The number of hydrogen-bond acceptors (Lipinski definition) is 5. The molecule has 0 amide bonds. The smallest absolute Gasteiger partial charge is 0.343 e. The topological polar surface area (TPSA) is 86.7 Å². The Kier molecular flexibility index (Phi) is 5.34. The van der Waals surface area contributed by atoms with Crippen molar-refractivity contribution in [2.45, 2.75) is 43.8 Å². The summed E-state index contributed by atoms with van der Waals surface area (Å²) in [6, 6.07) is 9.01. The minimum atomic E-state index is -1.64. The van der Waals surface area contributed by atoms with Crippen molar-refractivity contribution in [2.24, 2.45) is 5.92 Å². The summed E-state index contributed by atoms with van der Waals surface area (Å²) in [7, 11) is 1.82. The Labute approximate surface area is 154 Å². The fourth-order valence-electron chi connectivity index (χ4n) is 4.48. The van der Waals surface area contributed by atoms with Crippen LogP contribution in [0.2, 0.25) is 0 Å². The van der Waals surface area contributed by atoms with E-state index in [1.165, 1.54) is 0 Å². The zero-order valence-electron chi connectivity index (χ0n) is 15.2. The lowest BCUT2D eigenvalue weighted by Gasteiger charge is -2.33. The van der Waals surface area contributed by atoms with Crippen LogP contribution in [0, 0.1) is 5.92 Å². The van der Waals surface area contributed by atoms with E-state index in [0.29, 0.717) is 25.1 Å². The highest BCUT2D eigenvalue weighted by Crippen LogP contribution is 2.42. The molecule has 142 valence electrons. The molecular weight excluding hydrogens is 334 g/mol. The molecule has 0 spiro atoms. The van der Waals surface area contributed by atoms with E-state index in [0.717, 1.165) is 25.7 Å². The van der Waals surface area contributed by atoms with Crippen molar-refractivity contribution in [3.05, 3.63) is 35.9 Å². The Morgan fingerprint density at radius 1 is 1.23 bits per heavy atom. The molecule has 1 aromatic carbocycles. The van der Waals surface area contributed by atoms with E-state index in [9.17, 15) is 19.8 Å². The van der Waals surface area contributed by atoms with E-state index in [1.54, 1.807) is 12.1 Å². The summed E-state index contributed by atoms with van der Waals surface area (Å²) in [4.78, 5) is 24.0. The Morgan fingerprint density at radius 2 is 1.88 bits per heavy atom. The predicted octanol–water partition coefficient (Wildman–Crippen LogP) is 0.576. The molecule has 0 aromatic heterocycles. The van der Waals surface area contributed by atoms with Crippen molar-refractivity contribution in [1.29, 1.82) is 0 Å². The summed E-state index contributed by atoms with van der Waals surface area (Å²) >= 11 is 0. The number of carboxylic acids is 1. The predicted molar refractivity (Wildman–Crippen MR) is 92.6 cm³/mol. The molecule has 1 saturated heterocycles. The second-order valence-corrected chi connectivity index (χ2v) is 7.99. The van der Waals surface area contributed by atoms with Gasteiger partial charge in [0.15, 0.2) is 11.7 Å². The zero-order chi connectivity index (χ0) is 18.8. The number of benzene rings is 1. The van der Waals surface area contributed by atoms with Gasteiger partial charge in [-0.1, -0.05) is 43.2 Å². The lowest BCUT2D eigenvalue weighted by atomic mass is 9.80. The maximum absolute atomic E-state index is 13.0. The van der Waals surface area contributed by atoms with Crippen LogP contribution >= 0.6 is 0 Å². The molecule has 1 aliphatic carbocycles. The molecular formula is C20H27NO5. The largest absolute Gasteiger partial charge is 0.544 e. The number of aliphatic hydroxyl groups is 1. The molecule has 6 nitrogen and oxygen atoms in total. The van der Waals surface area contributed by atoms with Crippen LogP contribution in [0.1, 0.15) is 37.7 Å². The van der Waals surface area contributed by atoms with Gasteiger partial charge in [0.05, 0.1) is 19.6 Å². The molecule has 1 heterocycles. The first kappa shape index (κ1) is 18.9. The number of nitrogens with zero attached hydrogens (tertiary/aromatic N) is 1. The summed E-state index contributed by atoms with van der Waals surface area (Å²) in [6.45, 7) is 0.938. The normalized spacial score (nSPS) is 28.6. The SMILES string of the molecule is C[N+]1(CC(=O)[O-])CCC(OC(=O)[C@](O)(c2ccccc2)C2CCCC2)C1. The number of carboxylic acid groups (broad SMARTS) is 1. The van der Waals surface area contributed by atoms with E-state index < -0.39 is 17.5 Å². The number of likely N-dealkylation sites (tertiary alicyclic amines) is 1. The molecule has 2 fully saturated rings. The van der Waals surface area contributed by atoms with E-state index in [4.69, 9.17) is 4.74 Å². The maximum atomic E-state index is 13.0. The second-order valence-electron chi connectivity index (χ2n) is 7.99. The second kappa shape index (κ2) is 7.37. The van der Waals surface area contributed by atoms with Gasteiger partial charge in [0.1, 0.15) is 13.1 Å². The summed E-state index contributed by atoms with van der Waals surface area (Å²) in [6.07, 6.45) is 3.79. The fourth-order valence-corrected chi connectivity index (χ4v) is 4.48. The molecule has 0 radical (unpaired) electrons. The van der Waals surface area contributed by atoms with Crippen LogP contribution in [0.15, 0.2) is 30.3 Å². The number of rotatable bonds is 6. The van der Waals surface area contributed by atoms with E-state index in [1.807, 2.05) is 25.2 Å². The number of carbonyl (C=O) groups is 2. The Bertz CT molecular complexity index is 657. The number of ether oxygens (including phenoxy) is 1. The third kappa shape index (κ3) is 3.76. The van der Waals surface area contributed by atoms with Gasteiger partial charge in [-0.05, 0) is 18.4 Å². The van der Waals surface area contributed by atoms with Crippen LogP contribution in [0.25, 0.3) is 0 Å². The first-order chi connectivity index (χ1) is 12.3. The molecule has 1 aliphatic heterocycles. The highest BCUT2D eigenvalue weighted by molar-refractivity contribution is 5.81. The highest BCUT2D eigenvalue weighted by Gasteiger charge is 2.49. The van der Waals surface area contributed by atoms with Crippen molar-refractivity contribution < 1.29 is 29.0 Å². The van der Waals surface area contributed by atoms with Crippen molar-refractivity contribution in [1.82, 2.24) is 0 Å². The van der Waals surface area contributed by atoms with E-state index >= 15 is 0 Å². The summed E-state index contributed by atoms with van der Waals surface area (Å²) < 4.78 is 5.99. The first-order valence-electron chi connectivity index (χ1n) is 9.36. The van der Waals surface area contributed by atoms with Gasteiger partial charge in [-0.2, -0.15) is 0 Å². The molecule has 1 aromatic rings. The lowest BCUT2D eigenvalue weighted by molar-refractivity contribution is -0.893. The van der Waals surface area contributed by atoms with E-state index in [2.05, 4.69) is 0 Å². The van der Waals surface area contributed by atoms with Gasteiger partial charge in [-0.3, -0.25) is 0 Å². The third-order valence-corrected chi connectivity index (χ3v) is 5.89. The molecule has 3 rings (SSSR count). The van der Waals surface area contributed by atoms with Crippen LogP contribution in [-0.4, -0.2) is 54.3 Å². The van der Waals surface area contributed by atoms with Crippen molar-refractivity contribution in [2.75, 3.05) is 26.7 Å². The standard InChI is InChI=1S/C20H27NO5/c1-21(14-18(22)23)12-11-17(13-21)26-19(24)20(25,16-9-5-6-10-16)15-7-3-2-4-8-15/h2-4,7-8,16-17,25H,5-6,9-14H2,1H3/t17?,20-,21?/m0/s1. The minimum Gasteiger partial charge on any atom is -0.544 e. The Hall–Kier alpha value is -1.92. The average molecular weight is 361 g/mol. The van der Waals surface area contributed by atoms with Crippen LogP contribution in [0.5, 0.6) is 0 Å². The van der Waals surface area contributed by atoms with Crippen LogP contribution in [0.4, 0.5) is 0 Å². The van der Waals surface area contributed by atoms with Crippen molar-refractivity contribution in [3.8, 4) is 0 Å². The van der Waals surface area contributed by atoms with Crippen LogP contribution in [0.3, 0.4) is 0 Å². The number of likely N-dealkylation sites (N-methyl/N-ethyl adjacent to an activating group) is 1. The number of quaternary nitrogens is 1. The number of aliphatic carboxylic acids is 1. The number of carbonyl (C=O) groups excluding carboxylic acids is 2. The summed E-state index contributed by atoms with van der Waals surface area (Å²) in [5, 5.41) is 22.3. The van der Waals surface area contributed by atoms with Gasteiger partial charge < -0.3 is 24.2 Å². The quantitative estimate of drug-likeness (QED) is 0.592. The van der Waals surface area contributed by atoms with E-state index in [-0.39, 0.29) is 23.0 Å². The first-order valence-corrected chi connectivity index (χ1v) is 9.36. The summed E-state index contributed by atoms with van der Waals surface area (Å²) in [5.41, 5.74) is -1.07. The molecule has 1 saturated carbocycles. The number of esters is 1. The molecule has 3 atom stereocenters. The monoisotopic (exact) mass is 361 g/mol. The molecule has 2 aliphatic rings. The zero-order valence-corrected chi connectivity index (χ0v) is 15.2. The van der Waals surface area contributed by atoms with Crippen LogP contribution in [-0.2, 0) is 19.9 Å². The van der Waals surface area contributed by atoms with Crippen molar-refractivity contribution in [3.63, 3.8) is 0 Å². The van der Waals surface area contributed by atoms with Crippen molar-refractivity contribution >= 4 is 11.9 Å². The molecule has 6 heteroatoms. The summed E-state index contributed by atoms with van der Waals surface area (Å²) in [5.74, 6) is -1.86. The number of hydrogen-bond donors (Lipinski definition) is 1. The Balaban J connectivity index is 1.76. The third-order valence-electron chi connectivity index (χ3n) is 5.89. The Morgan fingerprint density at radius 3 is 2.50 bits per heavy atom. The fraction of sp³-hybridized carbons (Fsp3) is 0.600. The molecule has 2 unspecified atom stereocenters. The molecule has 0 bridgehead atoms. The highest BCUT2D eigenvalue weighted by atomic mass is 16.6. The maximum Gasteiger partial charge on any atom is 0.343 e. The van der Waals surface area contributed by atoms with Gasteiger partial charge in [0, 0.05) is 12.3 Å². The average Bonchev–Trinajstić information content (AvgIpc) is 3.25. The van der Waals surface area contributed by atoms with Gasteiger partial charge in [0.2, 0.25) is 0 Å². The van der Waals surface area contributed by atoms with Gasteiger partial charge in [-0.25, -0.2) is 4.79 Å². The van der Waals surface area contributed by atoms with Gasteiger partial charge in [-0.15, -0.1) is 0 Å². The van der Waals surface area contributed by atoms with Crippen LogP contribution < -0.4 is 5.11 Å². The molecule has 1 N–H and O–H groups in total. The lowest BCUT2D eigenvalue weighted by Crippen LogP contribution is -2.51. The molecule has 26 heavy (non-hydrogen) atoms. The van der Waals surface area contributed by atoms with Gasteiger partial charge in [0.25, 0.3) is 0 Å². The van der Waals surface area contributed by atoms with Gasteiger partial charge >= 0.3 is 5.97 Å². The minimum absolute atomic E-state index is 0.0976.